The molecule has 0 aliphatic heterocycles. The number of anilines is 1. The molecule has 5 N–H and O–H groups in total. The van der Waals surface area contributed by atoms with Crippen LogP contribution in [0, 0.1) is 0 Å². The lowest BCUT2D eigenvalue weighted by atomic mass is 10.4. The summed E-state index contributed by atoms with van der Waals surface area (Å²) in [6.45, 7) is 0. The number of hydrogen-bond acceptors (Lipinski definition) is 8. The molecular formula is C24H28N10. The van der Waals surface area contributed by atoms with E-state index in [0.717, 1.165) is 4.91 Å². The molecule has 10 heteroatoms. The zero-order chi connectivity index (χ0) is 24.4. The van der Waals surface area contributed by atoms with Crippen molar-refractivity contribution < 1.29 is 0 Å². The molecule has 1 aromatic rings. The standard InChI is InChI=1S/C24H28N10/c25-24-20-16-12-10-8-6-4-2-1-3-5-7-9-11-14-19-23-28-34(26)33-32-31-30-29-27-22-18-15-13-17-21-24/h1-23H,25-26H2,(H,29,31,33). The third kappa shape index (κ3) is 18.9. The number of nitrogen functional groups attached to an aromatic ring is 2. The summed E-state index contributed by atoms with van der Waals surface area (Å²) in [7, 11) is 0. The minimum atomic E-state index is 0.622. The fraction of sp³-hybridized carbons (Fsp3) is 0. The average Bonchev–Trinajstić information content (AvgIpc) is 2.83. The van der Waals surface area contributed by atoms with Gasteiger partial charge >= 0.3 is 0 Å². The van der Waals surface area contributed by atoms with Crippen LogP contribution in [0.4, 0.5) is 5.69 Å². The second-order valence-corrected chi connectivity index (χ2v) is 5.83. The Morgan fingerprint density at radius 3 is 1.50 bits per heavy atom. The summed E-state index contributed by atoms with van der Waals surface area (Å²) in [5.74, 6) is 5.53. The van der Waals surface area contributed by atoms with Crippen LogP contribution >= 0.6 is 0 Å². The Morgan fingerprint density at radius 2 is 0.971 bits per heavy atom. The Labute approximate surface area is 198 Å². The molecule has 0 amide bonds. The number of nitrogens with zero attached hydrogens (tertiary/aromatic N) is 7. The summed E-state index contributed by atoms with van der Waals surface area (Å²) in [5, 5.41) is 23.4. The third-order valence-corrected chi connectivity index (χ3v) is 3.22. The van der Waals surface area contributed by atoms with Gasteiger partial charge in [-0.05, 0) is 45.1 Å². The van der Waals surface area contributed by atoms with Crippen molar-refractivity contribution in [3.8, 4) is 0 Å². The van der Waals surface area contributed by atoms with Gasteiger partial charge in [-0.2, -0.15) is 5.21 Å². The lowest BCUT2D eigenvalue weighted by molar-refractivity contribution is 0.569. The van der Waals surface area contributed by atoms with Gasteiger partial charge in [0, 0.05) is 5.69 Å². The second-order valence-electron chi connectivity index (χ2n) is 5.83. The predicted octanol–water partition coefficient (Wildman–Crippen LogP) is 3.35. The Kier molecular flexibility index (Phi) is 16.7. The van der Waals surface area contributed by atoms with Gasteiger partial charge in [0.25, 0.3) is 0 Å². The highest BCUT2D eigenvalue weighted by molar-refractivity contribution is 5.33. The highest BCUT2D eigenvalue weighted by atomic mass is 15.7. The van der Waals surface area contributed by atoms with E-state index in [-0.39, 0.29) is 0 Å². The molecule has 0 fully saturated rings. The highest BCUT2D eigenvalue weighted by Gasteiger charge is 1.69. The van der Waals surface area contributed by atoms with Crippen LogP contribution in [0.3, 0.4) is 0 Å². The zero-order valence-corrected chi connectivity index (χ0v) is 18.6. The van der Waals surface area contributed by atoms with E-state index in [1.165, 1.54) is 12.4 Å². The SMILES string of the molecule is Nc1cccccccccccccccccnn(N)[nH]nnnnncccccc1. The maximum absolute atomic E-state index is 5.89. The molecule has 1 heterocycles. The fourth-order valence-corrected chi connectivity index (χ4v) is 1.78. The number of nitrogens with one attached hydrogen (secondary N) is 1. The first-order valence-electron chi connectivity index (χ1n) is 10.1. The van der Waals surface area contributed by atoms with Crippen molar-refractivity contribution in [2.24, 2.45) is 0 Å². The van der Waals surface area contributed by atoms with Crippen LogP contribution in [0.15, 0.2) is 140 Å². The first kappa shape index (κ1) is 26.9. The molecule has 0 unspecified atom stereocenters. The summed E-state index contributed by atoms with van der Waals surface area (Å²) in [6.07, 6.45) is 2.91. The van der Waals surface area contributed by atoms with Crippen molar-refractivity contribution in [2.45, 2.75) is 0 Å². The molecule has 0 radical (unpaired) electrons. The molecule has 0 saturated carbocycles. The first-order chi connectivity index (χ1) is 16.8. The molecule has 174 valence electrons. The molecular weight excluding hydrogens is 428 g/mol. The van der Waals surface area contributed by atoms with Crippen molar-refractivity contribution >= 4 is 5.69 Å². The van der Waals surface area contributed by atoms with Crippen molar-refractivity contribution in [2.75, 3.05) is 11.6 Å². The van der Waals surface area contributed by atoms with Crippen LogP contribution in [0.2, 0.25) is 0 Å². The number of aromatic nitrogens is 8. The Bertz CT molecular complexity index is 1040. The maximum Gasteiger partial charge on any atom is 0.0514 e. The van der Waals surface area contributed by atoms with Gasteiger partial charge < -0.3 is 11.6 Å². The number of aromatic amines is 1. The summed E-state index contributed by atoms with van der Waals surface area (Å²) in [4.78, 5) is 0.856. The average molecular weight is 457 g/mol. The van der Waals surface area contributed by atoms with Crippen LogP contribution in [-0.2, 0) is 0 Å². The van der Waals surface area contributed by atoms with Crippen molar-refractivity contribution in [1.82, 2.24) is 41.2 Å². The summed E-state index contributed by atoms with van der Waals surface area (Å²) in [5.41, 5.74) is 6.51. The van der Waals surface area contributed by atoms with E-state index in [2.05, 4.69) is 36.3 Å². The zero-order valence-electron chi connectivity index (χ0n) is 18.6. The Hall–Kier alpha value is -5.12. The smallest absolute Gasteiger partial charge is 0.0514 e. The number of hydrogen-bond donors (Lipinski definition) is 3. The lowest BCUT2D eigenvalue weighted by Gasteiger charge is -1.85. The van der Waals surface area contributed by atoms with E-state index in [4.69, 9.17) is 11.6 Å². The minimum absolute atomic E-state index is 0.622. The van der Waals surface area contributed by atoms with Gasteiger partial charge in [-0.3, -0.25) is 0 Å². The topological polar surface area (TPSA) is 150 Å². The van der Waals surface area contributed by atoms with Crippen molar-refractivity contribution in [3.05, 3.63) is 140 Å². The minimum Gasteiger partial charge on any atom is -0.399 e. The summed E-state index contributed by atoms with van der Waals surface area (Å²) < 4.78 is 0. The predicted molar refractivity (Wildman–Crippen MR) is 134 cm³/mol. The first-order valence-corrected chi connectivity index (χ1v) is 10.1. The van der Waals surface area contributed by atoms with E-state index in [1.807, 2.05) is 78.9 Å². The lowest BCUT2D eigenvalue weighted by Crippen LogP contribution is -2.15. The van der Waals surface area contributed by atoms with Crippen molar-refractivity contribution in [3.63, 3.8) is 0 Å². The largest absolute Gasteiger partial charge is 0.399 e. The van der Waals surface area contributed by atoms with Gasteiger partial charge in [0.1, 0.15) is 0 Å². The van der Waals surface area contributed by atoms with E-state index in [1.54, 1.807) is 48.5 Å². The normalized spacial score (nSPS) is 8.24. The molecule has 0 spiro atoms. The quantitative estimate of drug-likeness (QED) is 0.503. The van der Waals surface area contributed by atoms with Gasteiger partial charge in [0.2, 0.25) is 0 Å². The molecule has 0 aliphatic carbocycles. The molecule has 0 aromatic carbocycles. The van der Waals surface area contributed by atoms with E-state index in [9.17, 15) is 0 Å². The highest BCUT2D eigenvalue weighted by Crippen LogP contribution is 1.92. The van der Waals surface area contributed by atoms with Gasteiger partial charge in [-0.1, -0.05) is 108 Å². The van der Waals surface area contributed by atoms with E-state index >= 15 is 0 Å². The summed E-state index contributed by atoms with van der Waals surface area (Å²) in [6, 6.07) is 39.0. The fourth-order valence-electron chi connectivity index (χ4n) is 1.78. The van der Waals surface area contributed by atoms with Crippen LogP contribution < -0.4 is 11.6 Å². The van der Waals surface area contributed by atoms with Crippen LogP contribution in [0.25, 0.3) is 0 Å². The number of nitrogens with two attached hydrogens (primary N) is 2. The molecule has 0 saturated heterocycles. The van der Waals surface area contributed by atoms with Crippen LogP contribution in [0.5, 0.6) is 0 Å². The molecule has 0 atom stereocenters. The monoisotopic (exact) mass is 456 g/mol. The maximum atomic E-state index is 5.89. The Morgan fingerprint density at radius 1 is 0.529 bits per heavy atom. The van der Waals surface area contributed by atoms with E-state index < -0.39 is 0 Å². The van der Waals surface area contributed by atoms with Gasteiger partial charge in [-0.15, -0.1) is 10.2 Å². The number of H-pyrrole nitrogens is 1. The third-order valence-electron chi connectivity index (χ3n) is 3.22. The van der Waals surface area contributed by atoms with Gasteiger partial charge in [-0.25, -0.2) is 0 Å². The Balaban J connectivity index is 3.14. The van der Waals surface area contributed by atoms with Crippen LogP contribution in [0.1, 0.15) is 0 Å². The molecule has 1 aromatic heterocycles. The number of rotatable bonds is 0. The van der Waals surface area contributed by atoms with Gasteiger partial charge in [0.15, 0.2) is 0 Å². The van der Waals surface area contributed by atoms with E-state index in [0.29, 0.717) is 5.69 Å². The van der Waals surface area contributed by atoms with Crippen molar-refractivity contribution in [1.29, 1.82) is 0 Å². The van der Waals surface area contributed by atoms with Crippen LogP contribution in [-0.4, -0.2) is 41.2 Å². The summed E-state index contributed by atoms with van der Waals surface area (Å²) >= 11 is 0. The second kappa shape index (κ2) is 21.1. The molecule has 1 rings (SSSR count). The molecule has 10 nitrogen and oxygen atoms in total. The van der Waals surface area contributed by atoms with Gasteiger partial charge in [0.05, 0.1) is 12.4 Å². The molecule has 0 bridgehead atoms. The molecule has 0 aliphatic rings. The molecule has 34 heavy (non-hydrogen) atoms.